The van der Waals surface area contributed by atoms with Crippen LogP contribution in [0.15, 0.2) is 78.1 Å². The molecule has 146 valence electrons. The minimum absolute atomic E-state index is 0.0473. The van der Waals surface area contributed by atoms with Crippen molar-refractivity contribution < 1.29 is 8.42 Å². The van der Waals surface area contributed by atoms with Crippen LogP contribution in [0.5, 0.6) is 0 Å². The van der Waals surface area contributed by atoms with Gasteiger partial charge in [-0.25, -0.2) is 13.4 Å². The molecule has 0 aliphatic heterocycles. The number of sulfone groups is 1. The van der Waals surface area contributed by atoms with Crippen molar-refractivity contribution in [2.45, 2.75) is 35.3 Å². The highest BCUT2D eigenvalue weighted by atomic mass is 32.2. The number of rotatable bonds is 6. The zero-order valence-corrected chi connectivity index (χ0v) is 16.6. The summed E-state index contributed by atoms with van der Waals surface area (Å²) >= 11 is 0. The van der Waals surface area contributed by atoms with Crippen molar-refractivity contribution in [3.05, 3.63) is 90.0 Å². The molecule has 1 saturated carbocycles. The Balaban J connectivity index is 1.54. The molecular formula is C23H21N3O2S. The second-order valence-electron chi connectivity index (χ2n) is 7.60. The summed E-state index contributed by atoms with van der Waals surface area (Å²) in [5.41, 5.74) is 4.10. The molecule has 4 aromatic rings. The second-order valence-corrected chi connectivity index (χ2v) is 9.83. The fraction of sp³-hybridized carbons (Fsp3) is 0.217. The maximum absolute atomic E-state index is 12.5. The Bertz CT molecular complexity index is 1210. The van der Waals surface area contributed by atoms with Gasteiger partial charge >= 0.3 is 0 Å². The maximum Gasteiger partial charge on any atom is 0.181 e. The first-order valence-corrected chi connectivity index (χ1v) is 11.3. The van der Waals surface area contributed by atoms with Crippen LogP contribution in [0.1, 0.15) is 35.6 Å². The third-order valence-electron chi connectivity index (χ3n) is 5.52. The molecule has 0 saturated heterocycles. The molecule has 0 amide bonds. The molecule has 0 radical (unpaired) electrons. The molecule has 0 spiro atoms. The molecule has 29 heavy (non-hydrogen) atoms. The van der Waals surface area contributed by atoms with Crippen LogP contribution in [-0.4, -0.2) is 28.6 Å². The van der Waals surface area contributed by atoms with Crippen LogP contribution in [0.25, 0.3) is 11.0 Å². The average Bonchev–Trinajstić information content (AvgIpc) is 3.53. The molecule has 5 nitrogen and oxygen atoms in total. The van der Waals surface area contributed by atoms with E-state index in [1.54, 1.807) is 24.5 Å². The Hall–Kier alpha value is -2.99. The zero-order valence-electron chi connectivity index (χ0n) is 15.8. The number of aromatic amines is 1. The van der Waals surface area contributed by atoms with E-state index >= 15 is 0 Å². The lowest BCUT2D eigenvalue weighted by Crippen LogP contribution is -2.09. The van der Waals surface area contributed by atoms with Crippen LogP contribution in [0, 0.1) is 0 Å². The Morgan fingerprint density at radius 1 is 1.03 bits per heavy atom. The van der Waals surface area contributed by atoms with Gasteiger partial charge in [-0.05, 0) is 66.8 Å². The summed E-state index contributed by atoms with van der Waals surface area (Å²) in [6.07, 6.45) is 7.72. The van der Waals surface area contributed by atoms with Crippen molar-refractivity contribution in [3.63, 3.8) is 0 Å². The van der Waals surface area contributed by atoms with Crippen LogP contribution in [0.2, 0.25) is 0 Å². The lowest BCUT2D eigenvalue weighted by atomic mass is 9.90. The number of nitrogens with zero attached hydrogens (tertiary/aromatic N) is 2. The van der Waals surface area contributed by atoms with Gasteiger partial charge < -0.3 is 4.98 Å². The molecule has 1 atom stereocenters. The average molecular weight is 404 g/mol. The van der Waals surface area contributed by atoms with E-state index < -0.39 is 9.84 Å². The van der Waals surface area contributed by atoms with E-state index in [1.165, 1.54) is 0 Å². The van der Waals surface area contributed by atoms with Crippen molar-refractivity contribution in [3.8, 4) is 0 Å². The van der Waals surface area contributed by atoms with E-state index in [9.17, 15) is 8.42 Å². The summed E-state index contributed by atoms with van der Waals surface area (Å²) in [6, 6.07) is 17.5. The number of aromatic nitrogens is 3. The predicted octanol–water partition coefficient (Wildman–Crippen LogP) is 4.27. The molecule has 1 fully saturated rings. The van der Waals surface area contributed by atoms with Gasteiger partial charge in [0.25, 0.3) is 0 Å². The molecule has 6 heteroatoms. The third-order valence-corrected chi connectivity index (χ3v) is 7.80. The maximum atomic E-state index is 12.5. The van der Waals surface area contributed by atoms with E-state index in [0.717, 1.165) is 47.1 Å². The first kappa shape index (κ1) is 18.1. The van der Waals surface area contributed by atoms with E-state index in [4.69, 9.17) is 0 Å². The highest BCUT2D eigenvalue weighted by molar-refractivity contribution is 7.92. The lowest BCUT2D eigenvalue weighted by Gasteiger charge is -2.17. The molecule has 3 aromatic heterocycles. The molecule has 1 aliphatic carbocycles. The Kier molecular flexibility index (Phi) is 4.43. The standard InChI is InChI=1S/C23H21N3O2S/c27-29(28,20-9-10-20)19-7-5-17(6-8-19)21(13-16-3-1-11-24-15-16)22-14-18-4-2-12-25-23(18)26-22/h1-8,11-12,14-15,20-21H,9-10,13H2,(H,25,26). The van der Waals surface area contributed by atoms with E-state index in [0.29, 0.717) is 4.90 Å². The van der Waals surface area contributed by atoms with Crippen molar-refractivity contribution >= 4 is 20.9 Å². The molecule has 3 heterocycles. The molecule has 1 N–H and O–H groups in total. The zero-order chi connectivity index (χ0) is 19.8. The largest absolute Gasteiger partial charge is 0.343 e. The number of hydrogen-bond acceptors (Lipinski definition) is 4. The van der Waals surface area contributed by atoms with Crippen LogP contribution in [0.3, 0.4) is 0 Å². The van der Waals surface area contributed by atoms with Crippen LogP contribution < -0.4 is 0 Å². The van der Waals surface area contributed by atoms with Crippen LogP contribution >= 0.6 is 0 Å². The third kappa shape index (κ3) is 3.56. The molecule has 5 rings (SSSR count). The second kappa shape index (κ2) is 7.12. The number of pyridine rings is 2. The first-order chi connectivity index (χ1) is 14.1. The highest BCUT2D eigenvalue weighted by Gasteiger charge is 2.36. The summed E-state index contributed by atoms with van der Waals surface area (Å²) in [5, 5.41) is 0.867. The Morgan fingerprint density at radius 2 is 1.83 bits per heavy atom. The molecule has 1 aromatic carbocycles. The van der Waals surface area contributed by atoms with Crippen LogP contribution in [-0.2, 0) is 16.3 Å². The monoisotopic (exact) mass is 403 g/mol. The van der Waals surface area contributed by atoms with Gasteiger partial charge in [-0.3, -0.25) is 4.98 Å². The minimum Gasteiger partial charge on any atom is -0.343 e. The van der Waals surface area contributed by atoms with Gasteiger partial charge in [0.1, 0.15) is 5.65 Å². The summed E-state index contributed by atoms with van der Waals surface area (Å²) in [6.45, 7) is 0. The molecule has 1 unspecified atom stereocenters. The quantitative estimate of drug-likeness (QED) is 0.522. The smallest absolute Gasteiger partial charge is 0.181 e. The number of fused-ring (bicyclic) bond motifs is 1. The highest BCUT2D eigenvalue weighted by Crippen LogP contribution is 2.35. The molecule has 1 aliphatic rings. The molecule has 0 bridgehead atoms. The minimum atomic E-state index is -3.18. The summed E-state index contributed by atoms with van der Waals surface area (Å²) in [5.74, 6) is 0.0473. The van der Waals surface area contributed by atoms with Crippen molar-refractivity contribution in [2.24, 2.45) is 0 Å². The van der Waals surface area contributed by atoms with Gasteiger partial charge in [0.15, 0.2) is 9.84 Å². The number of nitrogens with one attached hydrogen (secondary N) is 1. The Morgan fingerprint density at radius 3 is 2.52 bits per heavy atom. The normalized spacial score (nSPS) is 15.4. The lowest BCUT2D eigenvalue weighted by molar-refractivity contribution is 0.594. The number of H-pyrrole nitrogens is 1. The number of benzene rings is 1. The first-order valence-electron chi connectivity index (χ1n) is 9.78. The topological polar surface area (TPSA) is 75.7 Å². The predicted molar refractivity (Wildman–Crippen MR) is 113 cm³/mol. The van der Waals surface area contributed by atoms with E-state index in [-0.39, 0.29) is 11.2 Å². The summed E-state index contributed by atoms with van der Waals surface area (Å²) in [4.78, 5) is 12.5. The van der Waals surface area contributed by atoms with E-state index in [2.05, 4.69) is 27.1 Å². The van der Waals surface area contributed by atoms with Gasteiger partial charge in [-0.1, -0.05) is 18.2 Å². The van der Waals surface area contributed by atoms with Crippen LogP contribution in [0.4, 0.5) is 0 Å². The van der Waals surface area contributed by atoms with Gasteiger partial charge in [0.05, 0.1) is 10.1 Å². The molecular weight excluding hydrogens is 382 g/mol. The van der Waals surface area contributed by atoms with Crippen molar-refractivity contribution in [1.82, 2.24) is 15.0 Å². The van der Waals surface area contributed by atoms with Gasteiger partial charge in [0.2, 0.25) is 0 Å². The summed E-state index contributed by atoms with van der Waals surface area (Å²) in [7, 11) is -3.18. The summed E-state index contributed by atoms with van der Waals surface area (Å²) < 4.78 is 25.1. The fourth-order valence-electron chi connectivity index (χ4n) is 3.79. The van der Waals surface area contributed by atoms with Crippen molar-refractivity contribution in [1.29, 1.82) is 0 Å². The van der Waals surface area contributed by atoms with Gasteiger partial charge in [-0.2, -0.15) is 0 Å². The Labute approximate surface area is 169 Å². The fourth-order valence-corrected chi connectivity index (χ4v) is 5.45. The SMILES string of the molecule is O=S(=O)(c1ccc(C(Cc2cccnc2)c2cc3cccnc3[nH]2)cc1)C1CC1. The van der Waals surface area contributed by atoms with Gasteiger partial charge in [-0.15, -0.1) is 0 Å². The van der Waals surface area contributed by atoms with Gasteiger partial charge in [0, 0.05) is 35.6 Å². The number of hydrogen-bond donors (Lipinski definition) is 1. The van der Waals surface area contributed by atoms with Crippen molar-refractivity contribution in [2.75, 3.05) is 0 Å². The van der Waals surface area contributed by atoms with E-state index in [1.807, 2.05) is 36.5 Å².